The molecule has 160 valence electrons. The summed E-state index contributed by atoms with van der Waals surface area (Å²) in [4.78, 5) is 17.6. The van der Waals surface area contributed by atoms with E-state index in [1.54, 1.807) is 0 Å². The predicted octanol–water partition coefficient (Wildman–Crippen LogP) is 5.67. The van der Waals surface area contributed by atoms with E-state index in [2.05, 4.69) is 79.1 Å². The minimum absolute atomic E-state index is 0.0538. The number of amides is 1. The van der Waals surface area contributed by atoms with Crippen molar-refractivity contribution in [2.24, 2.45) is 0 Å². The Hall–Kier alpha value is -2.13. The number of benzene rings is 2. The normalized spacial score (nSPS) is 22.8. The summed E-state index contributed by atoms with van der Waals surface area (Å²) in [6, 6.07) is 17.8. The number of aryl methyl sites for hydroxylation is 1. The third-order valence-electron chi connectivity index (χ3n) is 7.20. The van der Waals surface area contributed by atoms with E-state index in [4.69, 9.17) is 0 Å². The molecule has 0 aliphatic carbocycles. The first kappa shape index (κ1) is 21.1. The molecule has 2 aliphatic rings. The monoisotopic (exact) mass is 404 g/mol. The van der Waals surface area contributed by atoms with Gasteiger partial charge in [0.2, 0.25) is 5.91 Å². The Morgan fingerprint density at radius 1 is 0.867 bits per heavy atom. The number of likely N-dealkylation sites (tertiary alicyclic amines) is 2. The van der Waals surface area contributed by atoms with Gasteiger partial charge in [0.1, 0.15) is 0 Å². The first-order valence-electron chi connectivity index (χ1n) is 11.6. The van der Waals surface area contributed by atoms with Gasteiger partial charge in [-0.1, -0.05) is 67.9 Å². The van der Waals surface area contributed by atoms with Crippen LogP contribution in [0.15, 0.2) is 48.5 Å². The van der Waals surface area contributed by atoms with E-state index in [1.807, 2.05) is 0 Å². The van der Waals surface area contributed by atoms with E-state index in [9.17, 15) is 4.79 Å². The number of hydrogen-bond acceptors (Lipinski definition) is 2. The molecule has 0 unspecified atom stereocenters. The fourth-order valence-corrected chi connectivity index (χ4v) is 5.18. The quantitative estimate of drug-likeness (QED) is 0.641. The molecule has 2 aliphatic heterocycles. The second-order valence-electron chi connectivity index (χ2n) is 9.72. The van der Waals surface area contributed by atoms with Crippen LogP contribution in [0.25, 0.3) is 0 Å². The molecule has 1 spiro atoms. The summed E-state index contributed by atoms with van der Waals surface area (Å²) in [6.45, 7) is 10.6. The van der Waals surface area contributed by atoms with E-state index in [1.165, 1.54) is 28.7 Å². The van der Waals surface area contributed by atoms with Gasteiger partial charge in [-0.05, 0) is 61.8 Å². The molecule has 2 fully saturated rings. The molecule has 0 N–H and O–H groups in total. The first-order valence-corrected chi connectivity index (χ1v) is 11.6. The van der Waals surface area contributed by atoms with Crippen LogP contribution in [0.5, 0.6) is 0 Å². The van der Waals surface area contributed by atoms with Crippen molar-refractivity contribution in [3.8, 4) is 0 Å². The fourth-order valence-electron chi connectivity index (χ4n) is 5.18. The lowest BCUT2D eigenvalue weighted by molar-refractivity contribution is -0.132. The maximum atomic E-state index is 12.8. The highest BCUT2D eigenvalue weighted by molar-refractivity contribution is 5.79. The van der Waals surface area contributed by atoms with Gasteiger partial charge in [0.05, 0.1) is 0 Å². The maximum Gasteiger partial charge on any atom is 0.223 e. The largest absolute Gasteiger partial charge is 0.333 e. The molecule has 0 bridgehead atoms. The number of rotatable bonds is 5. The standard InChI is InChI=1S/C27H36N2O/c1-21(2)25-11-9-23(10-12-25)19-28-17-4-14-27(16-18-28)15-13-26(30)29(27)20-24-7-5-22(3)6-8-24/h5-12,21H,4,13-20H2,1-3H3/t27-/m1/s1. The van der Waals surface area contributed by atoms with E-state index in [-0.39, 0.29) is 5.54 Å². The van der Waals surface area contributed by atoms with Crippen LogP contribution < -0.4 is 0 Å². The molecule has 2 saturated heterocycles. The van der Waals surface area contributed by atoms with E-state index < -0.39 is 0 Å². The lowest BCUT2D eigenvalue weighted by atomic mass is 9.87. The molecule has 3 nitrogen and oxygen atoms in total. The van der Waals surface area contributed by atoms with Crippen molar-refractivity contribution in [1.82, 2.24) is 9.80 Å². The number of carbonyl (C=O) groups excluding carboxylic acids is 1. The number of nitrogens with zero attached hydrogens (tertiary/aromatic N) is 2. The number of carbonyl (C=O) groups is 1. The SMILES string of the molecule is Cc1ccc(CN2C(=O)CC[C@@]23CCCN(Cc2ccc(C(C)C)cc2)CC3)cc1. The van der Waals surface area contributed by atoms with Gasteiger partial charge >= 0.3 is 0 Å². The van der Waals surface area contributed by atoms with Crippen molar-refractivity contribution in [2.75, 3.05) is 13.1 Å². The minimum Gasteiger partial charge on any atom is -0.333 e. The van der Waals surface area contributed by atoms with Crippen molar-refractivity contribution >= 4 is 5.91 Å². The topological polar surface area (TPSA) is 23.6 Å². The van der Waals surface area contributed by atoms with Crippen LogP contribution >= 0.6 is 0 Å². The van der Waals surface area contributed by atoms with Crippen LogP contribution in [0.4, 0.5) is 0 Å². The molecule has 2 aromatic carbocycles. The lowest BCUT2D eigenvalue weighted by Gasteiger charge is -2.38. The zero-order valence-corrected chi connectivity index (χ0v) is 18.9. The van der Waals surface area contributed by atoms with Gasteiger partial charge in [-0.2, -0.15) is 0 Å². The van der Waals surface area contributed by atoms with Gasteiger partial charge in [-0.25, -0.2) is 0 Å². The van der Waals surface area contributed by atoms with Crippen LogP contribution in [0, 0.1) is 6.92 Å². The van der Waals surface area contributed by atoms with Crippen molar-refractivity contribution in [2.45, 2.75) is 77.4 Å². The van der Waals surface area contributed by atoms with E-state index in [0.717, 1.165) is 45.4 Å². The van der Waals surface area contributed by atoms with Gasteiger partial charge in [-0.15, -0.1) is 0 Å². The van der Waals surface area contributed by atoms with Crippen molar-refractivity contribution < 1.29 is 4.79 Å². The van der Waals surface area contributed by atoms with Gasteiger partial charge in [0, 0.05) is 31.6 Å². The Labute approximate surface area is 182 Å². The molecule has 30 heavy (non-hydrogen) atoms. The molecule has 0 saturated carbocycles. The molecule has 1 atom stereocenters. The van der Waals surface area contributed by atoms with Crippen LogP contribution in [-0.4, -0.2) is 34.3 Å². The summed E-state index contributed by atoms with van der Waals surface area (Å²) in [5, 5.41) is 0. The Balaban J connectivity index is 1.42. The van der Waals surface area contributed by atoms with Crippen LogP contribution in [-0.2, 0) is 17.9 Å². The highest BCUT2D eigenvalue weighted by Gasteiger charge is 2.45. The zero-order chi connectivity index (χ0) is 21.1. The highest BCUT2D eigenvalue weighted by atomic mass is 16.2. The van der Waals surface area contributed by atoms with Crippen molar-refractivity contribution in [3.63, 3.8) is 0 Å². The third kappa shape index (κ3) is 4.62. The van der Waals surface area contributed by atoms with Crippen LogP contribution in [0.2, 0.25) is 0 Å². The summed E-state index contributed by atoms with van der Waals surface area (Å²) < 4.78 is 0. The molecule has 1 amide bonds. The first-order chi connectivity index (χ1) is 14.4. The average molecular weight is 405 g/mol. The van der Waals surface area contributed by atoms with Gasteiger partial charge < -0.3 is 4.90 Å². The molecular formula is C27H36N2O. The molecule has 0 aromatic heterocycles. The smallest absolute Gasteiger partial charge is 0.223 e. The Morgan fingerprint density at radius 3 is 2.23 bits per heavy atom. The summed E-state index contributed by atoms with van der Waals surface area (Å²) >= 11 is 0. The molecule has 4 rings (SSSR count). The third-order valence-corrected chi connectivity index (χ3v) is 7.20. The Bertz CT molecular complexity index is 855. The second-order valence-corrected chi connectivity index (χ2v) is 9.72. The van der Waals surface area contributed by atoms with Gasteiger partial charge in [0.15, 0.2) is 0 Å². The average Bonchev–Trinajstić information content (AvgIpc) is 2.90. The molecule has 2 aromatic rings. The summed E-state index contributed by atoms with van der Waals surface area (Å²) in [7, 11) is 0. The van der Waals surface area contributed by atoms with Gasteiger partial charge in [0.25, 0.3) is 0 Å². The lowest BCUT2D eigenvalue weighted by Crippen LogP contribution is -2.45. The summed E-state index contributed by atoms with van der Waals surface area (Å²) in [6.07, 6.45) is 5.13. The predicted molar refractivity (Wildman–Crippen MR) is 123 cm³/mol. The summed E-state index contributed by atoms with van der Waals surface area (Å²) in [5.41, 5.74) is 5.38. The molecule has 0 radical (unpaired) electrons. The minimum atomic E-state index is 0.0538. The van der Waals surface area contributed by atoms with E-state index in [0.29, 0.717) is 18.2 Å². The van der Waals surface area contributed by atoms with Crippen LogP contribution in [0.1, 0.15) is 74.1 Å². The fraction of sp³-hybridized carbons (Fsp3) is 0.519. The maximum absolute atomic E-state index is 12.8. The summed E-state index contributed by atoms with van der Waals surface area (Å²) in [5.74, 6) is 0.921. The zero-order valence-electron chi connectivity index (χ0n) is 18.9. The number of hydrogen-bond donors (Lipinski definition) is 0. The van der Waals surface area contributed by atoms with Gasteiger partial charge in [-0.3, -0.25) is 9.69 Å². The highest BCUT2D eigenvalue weighted by Crippen LogP contribution is 2.40. The second kappa shape index (κ2) is 8.93. The van der Waals surface area contributed by atoms with Crippen LogP contribution in [0.3, 0.4) is 0 Å². The van der Waals surface area contributed by atoms with Crippen molar-refractivity contribution in [1.29, 1.82) is 0 Å². The Morgan fingerprint density at radius 2 is 1.53 bits per heavy atom. The Kier molecular flexibility index (Phi) is 6.29. The molecular weight excluding hydrogens is 368 g/mol. The van der Waals surface area contributed by atoms with E-state index >= 15 is 0 Å². The molecule has 2 heterocycles. The molecule has 3 heteroatoms. The van der Waals surface area contributed by atoms with Crippen molar-refractivity contribution in [3.05, 3.63) is 70.8 Å².